The number of carbonyl (C=O) groups is 2. The molecule has 1 fully saturated rings. The first-order valence-corrected chi connectivity index (χ1v) is 8.79. The standard InChI is InChI=1S/C16H22N2O4S/c17-15(19)11-23-8-6-16(20)18-12-3-1-4-13(9-12)22-10-14-5-2-7-21-14/h1,3-4,9,14H,2,5-8,10-11H2,(H2,17,19)(H,18,20)/t14-/m1/s1. The van der Waals surface area contributed by atoms with Crippen molar-refractivity contribution in [2.45, 2.75) is 25.4 Å². The Labute approximate surface area is 140 Å². The number of thioether (sulfide) groups is 1. The second kappa shape index (κ2) is 9.42. The normalized spacial score (nSPS) is 17.0. The fourth-order valence-corrected chi connectivity index (χ4v) is 2.86. The smallest absolute Gasteiger partial charge is 0.227 e. The van der Waals surface area contributed by atoms with Crippen molar-refractivity contribution < 1.29 is 19.1 Å². The number of ether oxygens (including phenoxy) is 2. The Balaban J connectivity index is 1.72. The van der Waals surface area contributed by atoms with E-state index in [-0.39, 0.29) is 23.7 Å². The summed E-state index contributed by atoms with van der Waals surface area (Å²) >= 11 is 1.35. The van der Waals surface area contributed by atoms with Crippen LogP contribution in [0.1, 0.15) is 19.3 Å². The summed E-state index contributed by atoms with van der Waals surface area (Å²) in [5.74, 6) is 1.04. The van der Waals surface area contributed by atoms with Crippen molar-refractivity contribution >= 4 is 29.3 Å². The van der Waals surface area contributed by atoms with E-state index in [0.29, 0.717) is 30.2 Å². The molecule has 2 rings (SSSR count). The van der Waals surface area contributed by atoms with Gasteiger partial charge in [0.1, 0.15) is 12.4 Å². The first-order chi connectivity index (χ1) is 11.1. The third kappa shape index (κ3) is 6.92. The number of rotatable bonds is 9. The van der Waals surface area contributed by atoms with Gasteiger partial charge in [0, 0.05) is 30.5 Å². The average molecular weight is 338 g/mol. The minimum Gasteiger partial charge on any atom is -0.491 e. The monoisotopic (exact) mass is 338 g/mol. The molecule has 0 saturated carbocycles. The van der Waals surface area contributed by atoms with Gasteiger partial charge in [0.05, 0.1) is 11.9 Å². The molecular weight excluding hydrogens is 316 g/mol. The van der Waals surface area contributed by atoms with Crippen LogP contribution in [0.2, 0.25) is 0 Å². The predicted octanol–water partition coefficient (Wildman–Crippen LogP) is 1.79. The summed E-state index contributed by atoms with van der Waals surface area (Å²) in [6, 6.07) is 7.30. The molecule has 7 heteroatoms. The summed E-state index contributed by atoms with van der Waals surface area (Å²) in [6.45, 7) is 1.33. The number of anilines is 1. The Morgan fingerprint density at radius 3 is 3.04 bits per heavy atom. The Bertz CT molecular complexity index is 533. The third-order valence-electron chi connectivity index (χ3n) is 3.30. The van der Waals surface area contributed by atoms with E-state index < -0.39 is 0 Å². The summed E-state index contributed by atoms with van der Waals surface area (Å²) in [4.78, 5) is 22.4. The lowest BCUT2D eigenvalue weighted by atomic mass is 10.2. The molecular formula is C16H22N2O4S. The van der Waals surface area contributed by atoms with Gasteiger partial charge in [0.25, 0.3) is 0 Å². The number of amides is 2. The van der Waals surface area contributed by atoms with E-state index in [2.05, 4.69) is 5.32 Å². The highest BCUT2D eigenvalue weighted by Gasteiger charge is 2.16. The zero-order valence-corrected chi connectivity index (χ0v) is 13.8. The summed E-state index contributed by atoms with van der Waals surface area (Å²) in [5.41, 5.74) is 5.73. The number of nitrogens with two attached hydrogens (primary N) is 1. The summed E-state index contributed by atoms with van der Waals surface area (Å²) < 4.78 is 11.2. The zero-order valence-electron chi connectivity index (χ0n) is 13.0. The van der Waals surface area contributed by atoms with Gasteiger partial charge in [-0.3, -0.25) is 9.59 Å². The lowest BCUT2D eigenvalue weighted by Crippen LogP contribution is -2.17. The van der Waals surface area contributed by atoms with Gasteiger partial charge >= 0.3 is 0 Å². The molecule has 1 aromatic carbocycles. The van der Waals surface area contributed by atoms with Crippen molar-refractivity contribution in [1.82, 2.24) is 0 Å². The number of hydrogen-bond donors (Lipinski definition) is 2. The molecule has 1 heterocycles. The fraction of sp³-hybridized carbons (Fsp3) is 0.500. The van der Waals surface area contributed by atoms with Gasteiger partial charge in [-0.05, 0) is 25.0 Å². The largest absolute Gasteiger partial charge is 0.491 e. The average Bonchev–Trinajstić information content (AvgIpc) is 3.03. The van der Waals surface area contributed by atoms with Crippen molar-refractivity contribution in [2.24, 2.45) is 5.73 Å². The molecule has 126 valence electrons. The van der Waals surface area contributed by atoms with E-state index in [1.807, 2.05) is 18.2 Å². The van der Waals surface area contributed by atoms with Gasteiger partial charge in [-0.1, -0.05) is 6.07 Å². The third-order valence-corrected chi connectivity index (χ3v) is 4.28. The second-order valence-electron chi connectivity index (χ2n) is 5.29. The Hall–Kier alpha value is -1.73. The van der Waals surface area contributed by atoms with Crippen LogP contribution in [0, 0.1) is 0 Å². The number of hydrogen-bond acceptors (Lipinski definition) is 5. The minimum absolute atomic E-state index is 0.0988. The van der Waals surface area contributed by atoms with Crippen LogP contribution in [0.4, 0.5) is 5.69 Å². The predicted molar refractivity (Wildman–Crippen MR) is 90.7 cm³/mol. The maximum Gasteiger partial charge on any atom is 0.227 e. The molecule has 6 nitrogen and oxygen atoms in total. The summed E-state index contributed by atoms with van der Waals surface area (Å²) in [7, 11) is 0. The summed E-state index contributed by atoms with van der Waals surface area (Å²) in [6.07, 6.45) is 2.60. The van der Waals surface area contributed by atoms with Crippen LogP contribution < -0.4 is 15.8 Å². The molecule has 0 bridgehead atoms. The van der Waals surface area contributed by atoms with E-state index in [0.717, 1.165) is 19.4 Å². The van der Waals surface area contributed by atoms with E-state index >= 15 is 0 Å². The number of benzene rings is 1. The fourth-order valence-electron chi connectivity index (χ4n) is 2.19. The van der Waals surface area contributed by atoms with Crippen LogP contribution >= 0.6 is 11.8 Å². The van der Waals surface area contributed by atoms with E-state index in [1.54, 1.807) is 6.07 Å². The van der Waals surface area contributed by atoms with E-state index in [4.69, 9.17) is 15.2 Å². The molecule has 0 radical (unpaired) electrons. The maximum absolute atomic E-state index is 11.8. The molecule has 1 saturated heterocycles. The number of primary amides is 1. The van der Waals surface area contributed by atoms with Crippen LogP contribution in [0.25, 0.3) is 0 Å². The molecule has 1 aromatic rings. The lowest BCUT2D eigenvalue weighted by molar-refractivity contribution is -0.116. The van der Waals surface area contributed by atoms with Crippen LogP contribution in [-0.2, 0) is 14.3 Å². The zero-order chi connectivity index (χ0) is 16.5. The first kappa shape index (κ1) is 17.6. The van der Waals surface area contributed by atoms with Crippen LogP contribution in [0.15, 0.2) is 24.3 Å². The Morgan fingerprint density at radius 1 is 1.43 bits per heavy atom. The molecule has 1 atom stereocenters. The first-order valence-electron chi connectivity index (χ1n) is 7.64. The van der Waals surface area contributed by atoms with Crippen molar-refractivity contribution in [3.05, 3.63) is 24.3 Å². The van der Waals surface area contributed by atoms with E-state index in [1.165, 1.54) is 11.8 Å². The molecule has 0 aliphatic carbocycles. The molecule has 0 unspecified atom stereocenters. The maximum atomic E-state index is 11.8. The SMILES string of the molecule is NC(=O)CSCCC(=O)Nc1cccc(OC[C@H]2CCCO2)c1. The van der Waals surface area contributed by atoms with Gasteiger partial charge in [-0.25, -0.2) is 0 Å². The topological polar surface area (TPSA) is 90.7 Å². The lowest BCUT2D eigenvalue weighted by Gasteiger charge is -2.12. The minimum atomic E-state index is -0.369. The highest BCUT2D eigenvalue weighted by molar-refractivity contribution is 7.99. The van der Waals surface area contributed by atoms with Gasteiger partial charge < -0.3 is 20.5 Å². The van der Waals surface area contributed by atoms with Crippen LogP contribution in [0.3, 0.4) is 0 Å². The number of carbonyl (C=O) groups excluding carboxylic acids is 2. The second-order valence-corrected chi connectivity index (χ2v) is 6.40. The van der Waals surface area contributed by atoms with Crippen molar-refractivity contribution in [3.63, 3.8) is 0 Å². The van der Waals surface area contributed by atoms with Crippen molar-refractivity contribution in [3.8, 4) is 5.75 Å². The molecule has 3 N–H and O–H groups in total. The Morgan fingerprint density at radius 2 is 2.30 bits per heavy atom. The molecule has 2 amide bonds. The molecule has 0 aromatic heterocycles. The van der Waals surface area contributed by atoms with Gasteiger partial charge in [0.2, 0.25) is 11.8 Å². The molecule has 23 heavy (non-hydrogen) atoms. The van der Waals surface area contributed by atoms with E-state index in [9.17, 15) is 9.59 Å². The van der Waals surface area contributed by atoms with Crippen LogP contribution in [-0.4, -0.2) is 42.6 Å². The van der Waals surface area contributed by atoms with Gasteiger partial charge in [0.15, 0.2) is 0 Å². The highest BCUT2D eigenvalue weighted by atomic mass is 32.2. The number of nitrogens with one attached hydrogen (secondary N) is 1. The van der Waals surface area contributed by atoms with Crippen molar-refractivity contribution in [2.75, 3.05) is 30.0 Å². The van der Waals surface area contributed by atoms with Crippen LogP contribution in [0.5, 0.6) is 5.75 Å². The van der Waals surface area contributed by atoms with Gasteiger partial charge in [-0.15, -0.1) is 0 Å². The molecule has 0 spiro atoms. The molecule has 1 aliphatic rings. The van der Waals surface area contributed by atoms with Crippen molar-refractivity contribution in [1.29, 1.82) is 0 Å². The summed E-state index contributed by atoms with van der Waals surface area (Å²) in [5, 5.41) is 2.82. The quantitative estimate of drug-likeness (QED) is 0.670. The highest BCUT2D eigenvalue weighted by Crippen LogP contribution is 2.20. The van der Waals surface area contributed by atoms with Gasteiger partial charge in [-0.2, -0.15) is 11.8 Å². The molecule has 1 aliphatic heterocycles. The Kier molecular flexibility index (Phi) is 7.22.